The summed E-state index contributed by atoms with van der Waals surface area (Å²) < 4.78 is 67.5. The Balaban J connectivity index is 5.20. The molecule has 0 spiro atoms. The van der Waals surface area contributed by atoms with Crippen molar-refractivity contribution < 1.29 is 80.2 Å². The van der Waals surface area contributed by atoms with E-state index in [1.54, 1.807) is 0 Å². The molecular weight excluding hydrogens is 1020 g/mol. The van der Waals surface area contributed by atoms with Crippen molar-refractivity contribution in [1.29, 1.82) is 0 Å². The predicted molar refractivity (Wildman–Crippen MR) is 298 cm³/mol. The molecule has 3 N–H and O–H groups in total. The van der Waals surface area contributed by atoms with Gasteiger partial charge >= 0.3 is 39.5 Å². The van der Waals surface area contributed by atoms with Crippen LogP contribution in [0.25, 0.3) is 0 Å². The molecule has 17 nitrogen and oxygen atoms in total. The van der Waals surface area contributed by atoms with Crippen LogP contribution in [0, 0.1) is 11.8 Å². The first-order valence-electron chi connectivity index (χ1n) is 30.0. The van der Waals surface area contributed by atoms with Crippen molar-refractivity contribution in [2.45, 2.75) is 291 Å². The number of carbonyl (C=O) groups is 4. The molecule has 2 unspecified atom stereocenters. The molecule has 0 aromatic rings. The number of rotatable bonds is 56. The van der Waals surface area contributed by atoms with E-state index < -0.39 is 97.5 Å². The number of aliphatic hydroxyl groups is 1. The molecular formula is C57H110O17P2. The third kappa shape index (κ3) is 51.5. The highest BCUT2D eigenvalue weighted by molar-refractivity contribution is 7.47. The molecule has 76 heavy (non-hydrogen) atoms. The van der Waals surface area contributed by atoms with Gasteiger partial charge in [0.05, 0.1) is 26.4 Å². The smallest absolute Gasteiger partial charge is 0.462 e. The molecule has 0 aromatic carbocycles. The zero-order chi connectivity index (χ0) is 56.6. The van der Waals surface area contributed by atoms with E-state index in [1.807, 2.05) is 0 Å². The SMILES string of the molecule is CCCCCCCCCC(=O)OC[C@H](COP(=O)(O)OC[C@H](O)COP(=O)(O)OC[C@@H](COC(=O)CCCCCCCCCCC(C)C)OC(=O)CCCCCCCCCCC(C)C)OC(=O)CCCCCCCCC. The number of phosphoric ester groups is 2. The highest BCUT2D eigenvalue weighted by Crippen LogP contribution is 2.45. The van der Waals surface area contributed by atoms with Crippen LogP contribution in [-0.4, -0.2) is 96.7 Å². The van der Waals surface area contributed by atoms with E-state index >= 15 is 0 Å². The number of ether oxygens (including phenoxy) is 4. The Bertz CT molecular complexity index is 1510. The Morgan fingerprint density at radius 3 is 0.895 bits per heavy atom. The van der Waals surface area contributed by atoms with Crippen LogP contribution < -0.4 is 0 Å². The van der Waals surface area contributed by atoms with Gasteiger partial charge in [0.15, 0.2) is 12.2 Å². The zero-order valence-electron chi connectivity index (χ0n) is 48.5. The third-order valence-electron chi connectivity index (χ3n) is 13.0. The molecule has 5 atom stereocenters. The van der Waals surface area contributed by atoms with Gasteiger partial charge in [-0.25, -0.2) is 9.13 Å². The van der Waals surface area contributed by atoms with E-state index in [0.29, 0.717) is 25.7 Å². The van der Waals surface area contributed by atoms with Crippen LogP contribution in [0.1, 0.15) is 273 Å². The minimum atomic E-state index is -4.94. The summed E-state index contributed by atoms with van der Waals surface area (Å²) in [6, 6.07) is 0. The number of hydrogen-bond acceptors (Lipinski definition) is 15. The number of hydrogen-bond donors (Lipinski definition) is 3. The van der Waals surface area contributed by atoms with Crippen LogP contribution in [0.2, 0.25) is 0 Å². The van der Waals surface area contributed by atoms with Crippen molar-refractivity contribution >= 4 is 39.5 Å². The molecule has 450 valence electrons. The van der Waals surface area contributed by atoms with Gasteiger partial charge in [0.1, 0.15) is 19.3 Å². The number of phosphoric acid groups is 2. The van der Waals surface area contributed by atoms with Crippen molar-refractivity contribution in [3.8, 4) is 0 Å². The topological polar surface area (TPSA) is 237 Å². The van der Waals surface area contributed by atoms with E-state index in [4.69, 9.17) is 37.0 Å². The van der Waals surface area contributed by atoms with Crippen molar-refractivity contribution in [1.82, 2.24) is 0 Å². The summed E-state index contributed by atoms with van der Waals surface area (Å²) >= 11 is 0. The number of carbonyl (C=O) groups excluding carboxylic acids is 4. The van der Waals surface area contributed by atoms with E-state index in [2.05, 4.69) is 41.5 Å². The van der Waals surface area contributed by atoms with Crippen molar-refractivity contribution in [2.75, 3.05) is 39.6 Å². The molecule has 19 heteroatoms. The Hall–Kier alpha value is -1.94. The van der Waals surface area contributed by atoms with Crippen LogP contribution in [-0.2, 0) is 65.4 Å². The average Bonchev–Trinajstić information content (AvgIpc) is 3.37. The zero-order valence-corrected chi connectivity index (χ0v) is 50.3. The average molecular weight is 1130 g/mol. The van der Waals surface area contributed by atoms with Crippen molar-refractivity contribution in [3.05, 3.63) is 0 Å². The second-order valence-electron chi connectivity index (χ2n) is 21.6. The minimum Gasteiger partial charge on any atom is -0.462 e. The molecule has 0 aromatic heterocycles. The van der Waals surface area contributed by atoms with Crippen LogP contribution in [0.5, 0.6) is 0 Å². The first kappa shape index (κ1) is 74.1. The molecule has 0 fully saturated rings. The Morgan fingerprint density at radius 1 is 0.355 bits per heavy atom. The second-order valence-corrected chi connectivity index (χ2v) is 24.5. The minimum absolute atomic E-state index is 0.103. The lowest BCUT2D eigenvalue weighted by Crippen LogP contribution is -2.30. The van der Waals surface area contributed by atoms with Crippen LogP contribution in [0.3, 0.4) is 0 Å². The maximum Gasteiger partial charge on any atom is 0.472 e. The van der Waals surface area contributed by atoms with Gasteiger partial charge in [-0.3, -0.25) is 37.3 Å². The fourth-order valence-electron chi connectivity index (χ4n) is 8.29. The molecule has 0 aliphatic carbocycles. The van der Waals surface area contributed by atoms with Gasteiger partial charge in [-0.05, 0) is 37.5 Å². The Labute approximate surface area is 460 Å². The highest BCUT2D eigenvalue weighted by atomic mass is 31.2. The summed E-state index contributed by atoms with van der Waals surface area (Å²) in [7, 11) is -9.86. The maximum absolute atomic E-state index is 12.9. The normalized spacial score (nSPS) is 14.5. The summed E-state index contributed by atoms with van der Waals surface area (Å²) in [6.07, 6.45) is 29.7. The standard InChI is InChI=1S/C57H110O17P2/c1-7-9-11-13-19-27-33-39-54(59)67-45-52(73-56(61)41-35-29-20-14-12-10-8-2)47-71-75(63,64)69-43-51(58)44-70-76(65,66)72-48-53(74-57(62)42-36-30-24-18-16-22-26-32-38-50(5)6)46-68-55(60)40-34-28-23-17-15-21-25-31-37-49(3)4/h49-53,58H,7-48H2,1-6H3,(H,63,64)(H,65,66)/t51-,52+,53+/m0/s1. The quantitative estimate of drug-likeness (QED) is 0.0222. The van der Waals surface area contributed by atoms with E-state index in [0.717, 1.165) is 127 Å². The lowest BCUT2D eigenvalue weighted by atomic mass is 10.0. The van der Waals surface area contributed by atoms with Gasteiger partial charge in [-0.1, -0.05) is 221 Å². The van der Waals surface area contributed by atoms with Gasteiger partial charge in [0, 0.05) is 25.7 Å². The summed E-state index contributed by atoms with van der Waals surface area (Å²) in [5.74, 6) is -0.710. The first-order valence-corrected chi connectivity index (χ1v) is 33.0. The summed E-state index contributed by atoms with van der Waals surface area (Å²) in [4.78, 5) is 71.6. The molecule has 0 saturated carbocycles. The molecule has 0 aliphatic heterocycles. The fourth-order valence-corrected chi connectivity index (χ4v) is 9.87. The molecule has 0 rings (SSSR count). The first-order chi connectivity index (χ1) is 36.4. The Kier molecular flexibility index (Phi) is 48.8. The van der Waals surface area contributed by atoms with Gasteiger partial charge in [0.2, 0.25) is 0 Å². The molecule has 0 amide bonds. The molecule has 0 aliphatic rings. The number of esters is 4. The van der Waals surface area contributed by atoms with E-state index in [1.165, 1.54) is 64.2 Å². The summed E-state index contributed by atoms with van der Waals surface area (Å²) in [6.45, 7) is 9.27. The lowest BCUT2D eigenvalue weighted by molar-refractivity contribution is -0.161. The monoisotopic (exact) mass is 1130 g/mol. The second kappa shape index (κ2) is 50.1. The van der Waals surface area contributed by atoms with Gasteiger partial charge < -0.3 is 33.8 Å². The van der Waals surface area contributed by atoms with E-state index in [-0.39, 0.29) is 25.7 Å². The molecule has 0 heterocycles. The summed E-state index contributed by atoms with van der Waals surface area (Å²) in [5, 5.41) is 10.5. The highest BCUT2D eigenvalue weighted by Gasteiger charge is 2.30. The molecule has 0 radical (unpaired) electrons. The third-order valence-corrected chi connectivity index (χ3v) is 14.9. The van der Waals surface area contributed by atoms with Crippen LogP contribution in [0.4, 0.5) is 0 Å². The van der Waals surface area contributed by atoms with Gasteiger partial charge in [0.25, 0.3) is 0 Å². The lowest BCUT2D eigenvalue weighted by Gasteiger charge is -2.21. The van der Waals surface area contributed by atoms with Crippen LogP contribution >= 0.6 is 15.6 Å². The predicted octanol–water partition coefficient (Wildman–Crippen LogP) is 14.9. The van der Waals surface area contributed by atoms with E-state index in [9.17, 15) is 43.2 Å². The number of unbranched alkanes of at least 4 members (excludes halogenated alkanes) is 26. The molecule has 0 saturated heterocycles. The van der Waals surface area contributed by atoms with Crippen molar-refractivity contribution in [3.63, 3.8) is 0 Å². The molecule has 0 bridgehead atoms. The van der Waals surface area contributed by atoms with Crippen molar-refractivity contribution in [2.24, 2.45) is 11.8 Å². The summed E-state index contributed by atoms with van der Waals surface area (Å²) in [5.41, 5.74) is 0. The Morgan fingerprint density at radius 2 is 0.605 bits per heavy atom. The maximum atomic E-state index is 12.9. The fraction of sp³-hybridized carbons (Fsp3) is 0.930. The van der Waals surface area contributed by atoms with Gasteiger partial charge in [-0.15, -0.1) is 0 Å². The number of aliphatic hydroxyl groups excluding tert-OH is 1. The van der Waals surface area contributed by atoms with Crippen LogP contribution in [0.15, 0.2) is 0 Å². The van der Waals surface area contributed by atoms with Gasteiger partial charge in [-0.2, -0.15) is 0 Å². The largest absolute Gasteiger partial charge is 0.472 e.